The predicted molar refractivity (Wildman–Crippen MR) is 128 cm³/mol. The fraction of sp³-hybridized carbons (Fsp3) is 0.320. The minimum atomic E-state index is 0.580. The molecule has 4 heterocycles. The Labute approximate surface area is 192 Å². The maximum absolute atomic E-state index is 6.10. The number of aromatic nitrogens is 4. The fourth-order valence-corrected chi connectivity index (χ4v) is 5.36. The van der Waals surface area contributed by atoms with E-state index in [2.05, 4.69) is 38.9 Å². The summed E-state index contributed by atoms with van der Waals surface area (Å²) in [5.74, 6) is 2.12. The second kappa shape index (κ2) is 7.78. The van der Waals surface area contributed by atoms with Gasteiger partial charge in [-0.05, 0) is 67.1 Å². The number of hydrogen-bond acceptors (Lipinski definition) is 5. The zero-order valence-electron chi connectivity index (χ0n) is 17.9. The average molecular weight is 444 g/mol. The van der Waals surface area contributed by atoms with Crippen molar-refractivity contribution in [1.82, 2.24) is 19.7 Å². The summed E-state index contributed by atoms with van der Waals surface area (Å²) in [5.41, 5.74) is 5.20. The number of aryl methyl sites for hydroxylation is 1. The van der Waals surface area contributed by atoms with E-state index >= 15 is 0 Å². The summed E-state index contributed by atoms with van der Waals surface area (Å²) in [6.45, 7) is 6.16. The number of nitrogens with zero attached hydrogens (tertiary/aromatic N) is 6. The van der Waals surface area contributed by atoms with Crippen molar-refractivity contribution in [3.05, 3.63) is 71.6 Å². The van der Waals surface area contributed by atoms with Gasteiger partial charge < -0.3 is 9.80 Å². The SMILES string of the molecule is Cc1c[c]c(-n2cccn2)c(N2CC3CC(CN(c4cnc5cc(Cl)ccc5n4)C3)C2)c1. The highest BCUT2D eigenvalue weighted by atomic mass is 35.5. The van der Waals surface area contributed by atoms with Gasteiger partial charge in [0.2, 0.25) is 0 Å². The normalized spacial score (nSPS) is 20.7. The zero-order valence-corrected chi connectivity index (χ0v) is 18.7. The van der Waals surface area contributed by atoms with Gasteiger partial charge in [0.15, 0.2) is 0 Å². The van der Waals surface area contributed by atoms with Crippen LogP contribution in [0.4, 0.5) is 11.5 Å². The third-order valence-electron chi connectivity index (χ3n) is 6.51. The van der Waals surface area contributed by atoms with Gasteiger partial charge in [-0.3, -0.25) is 4.98 Å². The summed E-state index contributed by atoms with van der Waals surface area (Å²) in [4.78, 5) is 14.4. The molecule has 2 fully saturated rings. The molecule has 32 heavy (non-hydrogen) atoms. The Morgan fingerprint density at radius 2 is 1.84 bits per heavy atom. The summed E-state index contributed by atoms with van der Waals surface area (Å²) in [6, 6.07) is 15.4. The van der Waals surface area contributed by atoms with Crippen molar-refractivity contribution in [3.8, 4) is 5.69 Å². The summed E-state index contributed by atoms with van der Waals surface area (Å²) >= 11 is 6.10. The largest absolute Gasteiger partial charge is 0.369 e. The van der Waals surface area contributed by atoms with Gasteiger partial charge in [-0.15, -0.1) is 0 Å². The first kappa shape index (κ1) is 19.6. The minimum absolute atomic E-state index is 0.580. The fourth-order valence-electron chi connectivity index (χ4n) is 5.20. The van der Waals surface area contributed by atoms with Crippen LogP contribution in [0.25, 0.3) is 16.7 Å². The van der Waals surface area contributed by atoms with Crippen LogP contribution in [0, 0.1) is 24.8 Å². The van der Waals surface area contributed by atoms with E-state index in [4.69, 9.17) is 16.6 Å². The lowest BCUT2D eigenvalue weighted by molar-refractivity contribution is 0.275. The molecule has 0 spiro atoms. The van der Waals surface area contributed by atoms with Crippen molar-refractivity contribution in [2.45, 2.75) is 13.3 Å². The second-order valence-electron chi connectivity index (χ2n) is 9.00. The van der Waals surface area contributed by atoms with Gasteiger partial charge in [0, 0.05) is 49.7 Å². The Morgan fingerprint density at radius 3 is 2.62 bits per heavy atom. The number of anilines is 2. The van der Waals surface area contributed by atoms with Crippen LogP contribution in [0.15, 0.2) is 55.0 Å². The molecule has 2 saturated heterocycles. The smallest absolute Gasteiger partial charge is 0.147 e. The highest BCUT2D eigenvalue weighted by Crippen LogP contribution is 2.35. The molecule has 1 radical (unpaired) electrons. The number of rotatable bonds is 3. The number of fused-ring (bicyclic) bond motifs is 3. The molecule has 2 aliphatic rings. The first-order valence-electron chi connectivity index (χ1n) is 11.1. The molecular weight excluding hydrogens is 420 g/mol. The van der Waals surface area contributed by atoms with Gasteiger partial charge in [-0.2, -0.15) is 5.10 Å². The Kier molecular flexibility index (Phi) is 4.76. The van der Waals surface area contributed by atoms with Crippen molar-refractivity contribution in [1.29, 1.82) is 0 Å². The van der Waals surface area contributed by atoms with E-state index in [1.807, 2.05) is 53.6 Å². The van der Waals surface area contributed by atoms with E-state index in [0.717, 1.165) is 48.7 Å². The summed E-state index contributed by atoms with van der Waals surface area (Å²) < 4.78 is 1.92. The molecule has 161 valence electrons. The molecule has 6 nitrogen and oxygen atoms in total. The number of halogens is 1. The van der Waals surface area contributed by atoms with Crippen LogP contribution in [0.3, 0.4) is 0 Å². The van der Waals surface area contributed by atoms with E-state index in [1.165, 1.54) is 17.7 Å². The number of piperidine rings is 2. The lowest BCUT2D eigenvalue weighted by Gasteiger charge is -2.47. The zero-order chi connectivity index (χ0) is 21.7. The Hall–Kier alpha value is -3.12. The lowest BCUT2D eigenvalue weighted by atomic mass is 9.84. The van der Waals surface area contributed by atoms with Crippen molar-refractivity contribution in [2.75, 3.05) is 36.0 Å². The molecule has 2 unspecified atom stereocenters. The molecule has 7 heteroatoms. The van der Waals surface area contributed by atoms with Crippen LogP contribution in [0.1, 0.15) is 12.0 Å². The molecule has 2 bridgehead atoms. The van der Waals surface area contributed by atoms with Gasteiger partial charge in [-0.1, -0.05) is 11.6 Å². The molecule has 0 amide bonds. The van der Waals surface area contributed by atoms with Crippen molar-refractivity contribution in [3.63, 3.8) is 0 Å². The maximum atomic E-state index is 6.10. The second-order valence-corrected chi connectivity index (χ2v) is 9.44. The van der Waals surface area contributed by atoms with Crippen molar-refractivity contribution in [2.24, 2.45) is 11.8 Å². The molecule has 6 rings (SSSR count). The molecule has 0 N–H and O–H groups in total. The van der Waals surface area contributed by atoms with Gasteiger partial charge in [-0.25, -0.2) is 9.67 Å². The first-order chi connectivity index (χ1) is 15.6. The van der Waals surface area contributed by atoms with E-state index < -0.39 is 0 Å². The van der Waals surface area contributed by atoms with Gasteiger partial charge in [0.05, 0.1) is 28.6 Å². The monoisotopic (exact) mass is 443 g/mol. The highest BCUT2D eigenvalue weighted by Gasteiger charge is 2.35. The van der Waals surface area contributed by atoms with E-state index in [-0.39, 0.29) is 0 Å². The van der Waals surface area contributed by atoms with Crippen LogP contribution < -0.4 is 9.80 Å². The van der Waals surface area contributed by atoms with E-state index in [1.54, 1.807) is 0 Å². The first-order valence-corrected chi connectivity index (χ1v) is 11.4. The van der Waals surface area contributed by atoms with Crippen LogP contribution in [-0.4, -0.2) is 45.9 Å². The van der Waals surface area contributed by atoms with E-state index in [9.17, 15) is 0 Å². The Morgan fingerprint density at radius 1 is 1.03 bits per heavy atom. The van der Waals surface area contributed by atoms with Crippen LogP contribution in [0.5, 0.6) is 0 Å². The average Bonchev–Trinajstić information content (AvgIpc) is 3.32. The Bertz CT molecular complexity index is 1260. The number of benzene rings is 2. The van der Waals surface area contributed by atoms with Crippen molar-refractivity contribution >= 4 is 34.1 Å². The van der Waals surface area contributed by atoms with Gasteiger partial charge in [0.1, 0.15) is 5.82 Å². The number of hydrogen-bond donors (Lipinski definition) is 0. The van der Waals surface area contributed by atoms with E-state index in [0.29, 0.717) is 16.9 Å². The lowest BCUT2D eigenvalue weighted by Crippen LogP contribution is -2.53. The van der Waals surface area contributed by atoms with Gasteiger partial charge in [0.25, 0.3) is 0 Å². The molecular formula is C25H24ClN6. The molecule has 4 aromatic rings. The predicted octanol–water partition coefficient (Wildman–Crippen LogP) is 4.54. The molecule has 2 aromatic heterocycles. The molecule has 2 aromatic carbocycles. The molecule has 0 saturated carbocycles. The van der Waals surface area contributed by atoms with Crippen molar-refractivity contribution < 1.29 is 0 Å². The van der Waals surface area contributed by atoms with Crippen LogP contribution >= 0.6 is 11.6 Å². The van der Waals surface area contributed by atoms with Crippen LogP contribution in [-0.2, 0) is 0 Å². The van der Waals surface area contributed by atoms with Gasteiger partial charge >= 0.3 is 0 Å². The maximum Gasteiger partial charge on any atom is 0.147 e. The quantitative estimate of drug-likeness (QED) is 0.465. The topological polar surface area (TPSA) is 50.1 Å². The summed E-state index contributed by atoms with van der Waals surface area (Å²) in [5, 5.41) is 5.14. The molecule has 2 atom stereocenters. The highest BCUT2D eigenvalue weighted by molar-refractivity contribution is 6.31. The minimum Gasteiger partial charge on any atom is -0.369 e. The molecule has 0 aliphatic carbocycles. The Balaban J connectivity index is 1.26. The van der Waals surface area contributed by atoms with Crippen LogP contribution in [0.2, 0.25) is 5.02 Å². The third kappa shape index (κ3) is 3.58. The molecule has 2 aliphatic heterocycles. The summed E-state index contributed by atoms with van der Waals surface area (Å²) in [7, 11) is 0. The third-order valence-corrected chi connectivity index (χ3v) is 6.75. The summed E-state index contributed by atoms with van der Waals surface area (Å²) in [6.07, 6.45) is 6.96. The standard InChI is InChI=1S/C25H24ClN6/c1-17-3-6-23(32-8-2-7-28-32)24(9-17)30-13-18-10-19(14-30)16-31(15-18)25-12-27-22-11-20(26)4-5-21(22)29-25/h2-5,7-9,11-12,18-19H,10,13-16H2,1H3.